The van der Waals surface area contributed by atoms with Crippen LogP contribution in [0.15, 0.2) is 42.7 Å². The van der Waals surface area contributed by atoms with E-state index in [1.54, 1.807) is 23.0 Å². The molecule has 1 unspecified atom stereocenters. The fourth-order valence-electron chi connectivity index (χ4n) is 3.71. The predicted octanol–water partition coefficient (Wildman–Crippen LogP) is 5.15. The summed E-state index contributed by atoms with van der Waals surface area (Å²) in [6.07, 6.45) is 1.04. The highest BCUT2D eigenvalue weighted by Gasteiger charge is 2.32. The van der Waals surface area contributed by atoms with Gasteiger partial charge in [0.25, 0.3) is 5.91 Å². The second-order valence-corrected chi connectivity index (χ2v) is 7.84. The van der Waals surface area contributed by atoms with Crippen molar-refractivity contribution in [1.29, 1.82) is 0 Å². The lowest BCUT2D eigenvalue weighted by atomic mass is 9.93. The van der Waals surface area contributed by atoms with Crippen molar-refractivity contribution < 1.29 is 22.7 Å². The van der Waals surface area contributed by atoms with E-state index in [0.29, 0.717) is 18.9 Å². The Kier molecular flexibility index (Phi) is 6.10. The minimum Gasteiger partial charge on any atom is -0.478 e. The van der Waals surface area contributed by atoms with Gasteiger partial charge in [0.15, 0.2) is 0 Å². The molecule has 32 heavy (non-hydrogen) atoms. The molecule has 0 spiro atoms. The first-order valence-corrected chi connectivity index (χ1v) is 10.5. The Morgan fingerprint density at radius 2 is 2.12 bits per heavy atom. The summed E-state index contributed by atoms with van der Waals surface area (Å²) in [6, 6.07) is 6.01. The third-order valence-corrected chi connectivity index (χ3v) is 5.39. The van der Waals surface area contributed by atoms with E-state index in [2.05, 4.69) is 15.4 Å². The molecule has 1 atom stereocenters. The number of alkyl halides is 3. The Morgan fingerprint density at radius 3 is 2.88 bits per heavy atom. The number of amides is 1. The lowest BCUT2D eigenvalue weighted by Gasteiger charge is -2.23. The van der Waals surface area contributed by atoms with Crippen LogP contribution in [0, 0.1) is 0 Å². The Bertz CT molecular complexity index is 1150. The summed E-state index contributed by atoms with van der Waals surface area (Å²) >= 11 is 5.82. The number of nitrogens with one attached hydrogen (secondary N) is 1. The molecule has 0 saturated heterocycles. The predicted molar refractivity (Wildman–Crippen MR) is 112 cm³/mol. The summed E-state index contributed by atoms with van der Waals surface area (Å²) in [7, 11) is 0. The van der Waals surface area contributed by atoms with Crippen molar-refractivity contribution in [3.05, 3.63) is 70.1 Å². The average molecular weight is 465 g/mol. The maximum Gasteiger partial charge on any atom is 0.416 e. The van der Waals surface area contributed by atoms with Gasteiger partial charge >= 0.3 is 6.18 Å². The molecule has 1 aliphatic rings. The van der Waals surface area contributed by atoms with Gasteiger partial charge in [0.05, 0.1) is 29.6 Å². The molecule has 1 aliphatic carbocycles. The van der Waals surface area contributed by atoms with Crippen LogP contribution in [0.5, 0.6) is 5.88 Å². The van der Waals surface area contributed by atoms with E-state index in [1.165, 1.54) is 6.07 Å². The molecule has 168 valence electrons. The van der Waals surface area contributed by atoms with Crippen LogP contribution in [0.1, 0.15) is 53.0 Å². The van der Waals surface area contributed by atoms with Crippen LogP contribution >= 0.6 is 11.6 Å². The third-order valence-electron chi connectivity index (χ3n) is 5.17. The summed E-state index contributed by atoms with van der Waals surface area (Å²) < 4.78 is 46.4. The van der Waals surface area contributed by atoms with Gasteiger partial charge < -0.3 is 10.1 Å². The molecular formula is C22H20ClF3N4O2. The van der Waals surface area contributed by atoms with Crippen molar-refractivity contribution in [3.8, 4) is 11.6 Å². The highest BCUT2D eigenvalue weighted by atomic mass is 35.5. The Morgan fingerprint density at radius 1 is 1.31 bits per heavy atom. The summed E-state index contributed by atoms with van der Waals surface area (Å²) in [5.74, 6) is -0.143. The lowest BCUT2D eigenvalue weighted by Crippen LogP contribution is -2.30. The van der Waals surface area contributed by atoms with E-state index >= 15 is 0 Å². The van der Waals surface area contributed by atoms with Gasteiger partial charge in [0.2, 0.25) is 5.88 Å². The first-order chi connectivity index (χ1) is 15.2. The van der Waals surface area contributed by atoms with Gasteiger partial charge in [-0.3, -0.25) is 4.79 Å². The number of carbonyl (C=O) groups excluding carboxylic acids is 1. The molecule has 0 radical (unpaired) electrons. The molecular weight excluding hydrogens is 445 g/mol. The van der Waals surface area contributed by atoms with E-state index in [0.717, 1.165) is 41.9 Å². The van der Waals surface area contributed by atoms with Gasteiger partial charge in [0.1, 0.15) is 0 Å². The van der Waals surface area contributed by atoms with Gasteiger partial charge in [-0.05, 0) is 50.5 Å². The number of nitrogens with zero attached hydrogens (tertiary/aromatic N) is 3. The van der Waals surface area contributed by atoms with Crippen molar-refractivity contribution in [3.63, 3.8) is 0 Å². The number of aromatic nitrogens is 3. The molecule has 1 amide bonds. The Balaban J connectivity index is 1.59. The van der Waals surface area contributed by atoms with Gasteiger partial charge in [-0.15, -0.1) is 0 Å². The number of aryl methyl sites for hydroxylation is 1. The smallest absolute Gasteiger partial charge is 0.416 e. The lowest BCUT2D eigenvalue weighted by molar-refractivity contribution is -0.137. The minimum atomic E-state index is -4.59. The molecule has 10 heteroatoms. The van der Waals surface area contributed by atoms with Crippen LogP contribution < -0.4 is 10.1 Å². The van der Waals surface area contributed by atoms with E-state index in [4.69, 9.17) is 16.3 Å². The number of fused-ring (bicyclic) bond motifs is 1. The zero-order valence-electron chi connectivity index (χ0n) is 17.1. The minimum absolute atomic E-state index is 0.139. The zero-order valence-corrected chi connectivity index (χ0v) is 17.9. The SMILES string of the molecule is CCOc1cc(-n2cc3c(n2)CCCC3NC(=O)c2cc(Cl)cc(C(F)(F)F)c2)ccn1. The largest absolute Gasteiger partial charge is 0.478 e. The maximum absolute atomic E-state index is 13.1. The molecule has 0 saturated carbocycles. The number of hydrogen-bond donors (Lipinski definition) is 1. The highest BCUT2D eigenvalue weighted by Crippen LogP contribution is 2.33. The van der Waals surface area contributed by atoms with Crippen LogP contribution in [0.4, 0.5) is 13.2 Å². The maximum atomic E-state index is 13.1. The molecule has 0 bridgehead atoms. The van der Waals surface area contributed by atoms with Gasteiger partial charge in [-0.1, -0.05) is 11.6 Å². The normalized spacial score (nSPS) is 15.8. The fourth-order valence-corrected chi connectivity index (χ4v) is 3.95. The van der Waals surface area contributed by atoms with Crippen molar-refractivity contribution in [2.45, 2.75) is 38.4 Å². The number of pyridine rings is 1. The van der Waals surface area contributed by atoms with Gasteiger partial charge in [-0.2, -0.15) is 18.3 Å². The monoisotopic (exact) mass is 464 g/mol. The average Bonchev–Trinajstić information content (AvgIpc) is 3.19. The Hall–Kier alpha value is -3.07. The second kappa shape index (κ2) is 8.82. The van der Waals surface area contributed by atoms with E-state index in [9.17, 15) is 18.0 Å². The summed E-state index contributed by atoms with van der Waals surface area (Å²) in [5, 5.41) is 7.32. The molecule has 3 aromatic rings. The van der Waals surface area contributed by atoms with Crippen molar-refractivity contribution in [2.24, 2.45) is 0 Å². The number of carbonyl (C=O) groups is 1. The van der Waals surface area contributed by atoms with Crippen LogP contribution in [-0.2, 0) is 12.6 Å². The molecule has 2 heterocycles. The van der Waals surface area contributed by atoms with Crippen molar-refractivity contribution in [1.82, 2.24) is 20.1 Å². The highest BCUT2D eigenvalue weighted by molar-refractivity contribution is 6.31. The van der Waals surface area contributed by atoms with Crippen molar-refractivity contribution >= 4 is 17.5 Å². The van der Waals surface area contributed by atoms with Crippen LogP contribution in [-0.4, -0.2) is 27.3 Å². The summed E-state index contributed by atoms with van der Waals surface area (Å²) in [4.78, 5) is 16.9. The zero-order chi connectivity index (χ0) is 22.9. The van der Waals surface area contributed by atoms with Crippen molar-refractivity contribution in [2.75, 3.05) is 6.61 Å². The van der Waals surface area contributed by atoms with Crippen LogP contribution in [0.25, 0.3) is 5.69 Å². The molecule has 0 aliphatic heterocycles. The molecule has 1 N–H and O–H groups in total. The first kappa shape index (κ1) is 22.1. The number of ether oxygens (including phenoxy) is 1. The van der Waals surface area contributed by atoms with Crippen LogP contribution in [0.2, 0.25) is 5.02 Å². The second-order valence-electron chi connectivity index (χ2n) is 7.41. The quantitative estimate of drug-likeness (QED) is 0.567. The van der Waals surface area contributed by atoms with E-state index in [-0.39, 0.29) is 16.6 Å². The number of rotatable bonds is 5. The molecule has 1 aromatic carbocycles. The third kappa shape index (κ3) is 4.72. The first-order valence-electron chi connectivity index (χ1n) is 10.1. The van der Waals surface area contributed by atoms with E-state index < -0.39 is 17.6 Å². The molecule has 6 nitrogen and oxygen atoms in total. The number of halogens is 4. The Labute approximate surface area is 187 Å². The van der Waals surface area contributed by atoms with Gasteiger partial charge in [0, 0.05) is 34.6 Å². The van der Waals surface area contributed by atoms with E-state index in [1.807, 2.05) is 13.1 Å². The summed E-state index contributed by atoms with van der Waals surface area (Å²) in [5.41, 5.74) is 1.32. The molecule has 0 fully saturated rings. The molecule has 4 rings (SSSR count). The fraction of sp³-hybridized carbons (Fsp3) is 0.318. The van der Waals surface area contributed by atoms with Gasteiger partial charge in [-0.25, -0.2) is 9.67 Å². The molecule has 2 aromatic heterocycles. The number of benzene rings is 1. The van der Waals surface area contributed by atoms with Crippen LogP contribution in [0.3, 0.4) is 0 Å². The number of hydrogen-bond acceptors (Lipinski definition) is 4. The standard InChI is InChI=1S/C22H20ClF3N4O2/c1-2-32-20-11-16(6-7-27-20)30-12-17-18(4-3-5-19(17)29-30)28-21(31)13-8-14(22(24,25)26)10-15(23)9-13/h6-12,18H,2-5H2,1H3,(H,28,31). The topological polar surface area (TPSA) is 69.0 Å². The summed E-state index contributed by atoms with van der Waals surface area (Å²) in [6.45, 7) is 2.35.